The van der Waals surface area contributed by atoms with Crippen LogP contribution in [0.25, 0.3) is 0 Å². The lowest BCUT2D eigenvalue weighted by Gasteiger charge is -2.28. The van der Waals surface area contributed by atoms with Crippen LogP contribution in [0.4, 0.5) is 5.69 Å². The zero-order chi connectivity index (χ0) is 23.4. The van der Waals surface area contributed by atoms with Gasteiger partial charge in [0.1, 0.15) is 0 Å². The largest absolute Gasteiger partial charge is 0.352 e. The van der Waals surface area contributed by atoms with Gasteiger partial charge in [0.15, 0.2) is 0 Å². The van der Waals surface area contributed by atoms with E-state index in [0.717, 1.165) is 12.0 Å². The Kier molecular flexibility index (Phi) is 7.11. The molecule has 1 aromatic heterocycles. The van der Waals surface area contributed by atoms with Crippen molar-refractivity contribution in [3.05, 3.63) is 86.1 Å². The lowest BCUT2D eigenvalue weighted by atomic mass is 10.0. The van der Waals surface area contributed by atoms with Crippen molar-refractivity contribution in [2.75, 3.05) is 18.4 Å². The Balaban J connectivity index is 1.33. The minimum atomic E-state index is -0.265. The molecule has 0 unspecified atom stereocenters. The summed E-state index contributed by atoms with van der Waals surface area (Å²) in [6.45, 7) is 3.34. The predicted octanol–water partition coefficient (Wildman–Crippen LogP) is 4.67. The van der Waals surface area contributed by atoms with E-state index < -0.39 is 0 Å². The number of nitrogens with zero attached hydrogens (tertiary/aromatic N) is 1. The standard InChI is InChI=1S/C25H24ClN3O3S/c1-16-20(25(32)29-13-10-22-18(15-29)11-14-33-22)3-2-4-21(16)28-23(30)9-12-27-24(31)17-5-7-19(26)8-6-17/h2-8,11,14H,9-10,12-13,15H2,1H3,(H,27,31)(H,28,30). The molecule has 0 atom stereocenters. The van der Waals surface area contributed by atoms with Gasteiger partial charge < -0.3 is 15.5 Å². The van der Waals surface area contributed by atoms with E-state index in [-0.39, 0.29) is 30.7 Å². The number of anilines is 1. The Labute approximate surface area is 201 Å². The Hall–Kier alpha value is -3.16. The first-order valence-electron chi connectivity index (χ1n) is 10.7. The van der Waals surface area contributed by atoms with Crippen LogP contribution in [0.2, 0.25) is 5.02 Å². The smallest absolute Gasteiger partial charge is 0.254 e. The minimum Gasteiger partial charge on any atom is -0.352 e. The molecule has 6 nitrogen and oxygen atoms in total. The summed E-state index contributed by atoms with van der Waals surface area (Å²) in [6.07, 6.45) is 0.986. The van der Waals surface area contributed by atoms with E-state index in [1.165, 1.54) is 10.4 Å². The summed E-state index contributed by atoms with van der Waals surface area (Å²) in [5, 5.41) is 8.21. The maximum Gasteiger partial charge on any atom is 0.254 e. The second kappa shape index (κ2) is 10.2. The molecule has 8 heteroatoms. The van der Waals surface area contributed by atoms with E-state index in [1.54, 1.807) is 53.8 Å². The summed E-state index contributed by atoms with van der Waals surface area (Å²) in [5.74, 6) is -0.533. The van der Waals surface area contributed by atoms with Crippen LogP contribution in [0.1, 0.15) is 43.1 Å². The highest BCUT2D eigenvalue weighted by Crippen LogP contribution is 2.27. The quantitative estimate of drug-likeness (QED) is 0.537. The van der Waals surface area contributed by atoms with E-state index in [2.05, 4.69) is 22.1 Å². The van der Waals surface area contributed by atoms with Gasteiger partial charge in [0.25, 0.3) is 11.8 Å². The number of hydrogen-bond acceptors (Lipinski definition) is 4. The molecule has 2 aromatic carbocycles. The number of carbonyl (C=O) groups is 3. The summed E-state index contributed by atoms with van der Waals surface area (Å²) in [7, 11) is 0. The molecule has 0 bridgehead atoms. The van der Waals surface area contributed by atoms with Gasteiger partial charge in [-0.05, 0) is 72.3 Å². The third-order valence-corrected chi connectivity index (χ3v) is 6.95. The van der Waals surface area contributed by atoms with Crippen LogP contribution >= 0.6 is 22.9 Å². The molecule has 0 saturated heterocycles. The third kappa shape index (κ3) is 5.43. The molecule has 0 radical (unpaired) electrons. The number of thiophene rings is 1. The molecule has 4 rings (SSSR count). The zero-order valence-electron chi connectivity index (χ0n) is 18.2. The van der Waals surface area contributed by atoms with Crippen molar-refractivity contribution in [2.45, 2.75) is 26.3 Å². The van der Waals surface area contributed by atoms with Crippen molar-refractivity contribution in [1.29, 1.82) is 0 Å². The van der Waals surface area contributed by atoms with E-state index in [4.69, 9.17) is 11.6 Å². The number of amides is 3. The zero-order valence-corrected chi connectivity index (χ0v) is 19.8. The van der Waals surface area contributed by atoms with E-state index >= 15 is 0 Å². The van der Waals surface area contributed by atoms with Gasteiger partial charge >= 0.3 is 0 Å². The molecule has 1 aliphatic rings. The molecule has 170 valence electrons. The molecule has 0 spiro atoms. The Bertz CT molecular complexity index is 1190. The van der Waals surface area contributed by atoms with Crippen molar-refractivity contribution in [2.24, 2.45) is 0 Å². The van der Waals surface area contributed by atoms with Crippen molar-refractivity contribution in [3.63, 3.8) is 0 Å². The number of nitrogens with one attached hydrogen (secondary N) is 2. The molecular weight excluding hydrogens is 458 g/mol. The minimum absolute atomic E-state index is 0.0318. The number of rotatable bonds is 6. The number of hydrogen-bond donors (Lipinski definition) is 2. The highest BCUT2D eigenvalue weighted by Gasteiger charge is 2.24. The second-order valence-electron chi connectivity index (χ2n) is 7.88. The normalized spacial score (nSPS) is 12.7. The monoisotopic (exact) mass is 481 g/mol. The van der Waals surface area contributed by atoms with E-state index in [1.807, 2.05) is 11.8 Å². The van der Waals surface area contributed by atoms with Crippen molar-refractivity contribution in [3.8, 4) is 0 Å². The van der Waals surface area contributed by atoms with Crippen LogP contribution in [0, 0.1) is 6.92 Å². The van der Waals surface area contributed by atoms with E-state index in [9.17, 15) is 14.4 Å². The summed E-state index contributed by atoms with van der Waals surface area (Å²) >= 11 is 7.57. The molecule has 2 N–H and O–H groups in total. The fraction of sp³-hybridized carbons (Fsp3) is 0.240. The van der Waals surface area contributed by atoms with Crippen LogP contribution in [0.5, 0.6) is 0 Å². The summed E-state index contributed by atoms with van der Waals surface area (Å²) in [6, 6.07) is 14.0. The van der Waals surface area contributed by atoms with Crippen LogP contribution in [-0.2, 0) is 17.8 Å². The van der Waals surface area contributed by atoms with Gasteiger partial charge in [-0.1, -0.05) is 17.7 Å². The fourth-order valence-corrected chi connectivity index (χ4v) is 4.82. The number of halogens is 1. The average molecular weight is 482 g/mol. The first kappa shape index (κ1) is 23.0. The second-order valence-corrected chi connectivity index (χ2v) is 9.32. The van der Waals surface area contributed by atoms with Gasteiger partial charge in [0, 0.05) is 52.8 Å². The predicted molar refractivity (Wildman–Crippen MR) is 131 cm³/mol. The molecule has 3 aromatic rings. The van der Waals surface area contributed by atoms with Crippen molar-refractivity contribution >= 4 is 46.3 Å². The average Bonchev–Trinajstić information content (AvgIpc) is 3.28. The Morgan fingerprint density at radius 1 is 1.09 bits per heavy atom. The Morgan fingerprint density at radius 3 is 2.67 bits per heavy atom. The summed E-state index contributed by atoms with van der Waals surface area (Å²) in [4.78, 5) is 41.0. The topological polar surface area (TPSA) is 78.5 Å². The molecule has 33 heavy (non-hydrogen) atoms. The molecular formula is C25H24ClN3O3S. The lowest BCUT2D eigenvalue weighted by molar-refractivity contribution is -0.116. The van der Waals surface area contributed by atoms with Crippen LogP contribution in [0.3, 0.4) is 0 Å². The van der Waals surface area contributed by atoms with Gasteiger partial charge in [-0.2, -0.15) is 0 Å². The van der Waals surface area contributed by atoms with Crippen LogP contribution < -0.4 is 10.6 Å². The highest BCUT2D eigenvalue weighted by atomic mass is 35.5. The van der Waals surface area contributed by atoms with Crippen LogP contribution in [-0.4, -0.2) is 35.7 Å². The van der Waals surface area contributed by atoms with Gasteiger partial charge in [0.2, 0.25) is 5.91 Å². The molecule has 2 heterocycles. The SMILES string of the molecule is Cc1c(NC(=O)CCNC(=O)c2ccc(Cl)cc2)cccc1C(=O)N1CCc2sccc2C1. The molecule has 3 amide bonds. The molecule has 0 saturated carbocycles. The van der Waals surface area contributed by atoms with E-state index in [0.29, 0.717) is 34.9 Å². The molecule has 0 aliphatic carbocycles. The summed E-state index contributed by atoms with van der Waals surface area (Å²) in [5.41, 5.74) is 3.61. The number of benzene rings is 2. The van der Waals surface area contributed by atoms with Crippen molar-refractivity contribution in [1.82, 2.24) is 10.2 Å². The van der Waals surface area contributed by atoms with Gasteiger partial charge in [-0.15, -0.1) is 11.3 Å². The first-order chi connectivity index (χ1) is 15.9. The van der Waals surface area contributed by atoms with Crippen molar-refractivity contribution < 1.29 is 14.4 Å². The van der Waals surface area contributed by atoms with Gasteiger partial charge in [-0.3, -0.25) is 14.4 Å². The first-order valence-corrected chi connectivity index (χ1v) is 12.0. The summed E-state index contributed by atoms with van der Waals surface area (Å²) < 4.78 is 0. The number of carbonyl (C=O) groups excluding carboxylic acids is 3. The Morgan fingerprint density at radius 2 is 1.88 bits per heavy atom. The molecule has 1 aliphatic heterocycles. The van der Waals surface area contributed by atoms with Crippen LogP contribution in [0.15, 0.2) is 53.9 Å². The van der Waals surface area contributed by atoms with Gasteiger partial charge in [0.05, 0.1) is 0 Å². The maximum absolute atomic E-state index is 13.2. The molecule has 0 fully saturated rings. The highest BCUT2D eigenvalue weighted by molar-refractivity contribution is 7.10. The van der Waals surface area contributed by atoms with Gasteiger partial charge in [-0.25, -0.2) is 0 Å². The fourth-order valence-electron chi connectivity index (χ4n) is 3.80. The third-order valence-electron chi connectivity index (χ3n) is 5.68. The maximum atomic E-state index is 13.2. The number of fused-ring (bicyclic) bond motifs is 1. The lowest BCUT2D eigenvalue weighted by Crippen LogP contribution is -2.35.